The zero-order valence-electron chi connectivity index (χ0n) is 21.8. The molecule has 0 unspecified atom stereocenters. The van der Waals surface area contributed by atoms with Gasteiger partial charge in [-0.2, -0.15) is 0 Å². The molecule has 2 aromatic rings. The number of benzene rings is 2. The minimum absolute atomic E-state index is 0.0449. The van der Waals surface area contributed by atoms with Gasteiger partial charge >= 0.3 is 12.1 Å². The first-order chi connectivity index (χ1) is 19.8. The van der Waals surface area contributed by atoms with Crippen LogP contribution in [0.25, 0.3) is 0 Å². The molecule has 0 saturated carbocycles. The second-order valence-corrected chi connectivity index (χ2v) is 12.4. The third kappa shape index (κ3) is 10.5. The van der Waals surface area contributed by atoms with E-state index in [-0.39, 0.29) is 87.8 Å². The minimum Gasteiger partial charge on any atom is -0.381 e. The van der Waals surface area contributed by atoms with Crippen molar-refractivity contribution < 1.29 is 9.59 Å². The molecule has 0 aliphatic carbocycles. The average molecular weight is 785 g/mol. The fourth-order valence-corrected chi connectivity index (χ4v) is 5.99. The average Bonchev–Trinajstić information content (AvgIpc) is 2.96. The van der Waals surface area contributed by atoms with Crippen LogP contribution in [0.1, 0.15) is 32.6 Å². The number of hydrogen-bond donors (Lipinski definition) is 6. The summed E-state index contributed by atoms with van der Waals surface area (Å²) in [6.45, 7) is 2.88. The fourth-order valence-electron chi connectivity index (χ4n) is 3.44. The van der Waals surface area contributed by atoms with Gasteiger partial charge in [-0.15, -0.1) is 0 Å². The van der Waals surface area contributed by atoms with Crippen LogP contribution in [0, 0.1) is 0 Å². The molecule has 0 aromatic heterocycles. The minimum atomic E-state index is -0.631. The van der Waals surface area contributed by atoms with Gasteiger partial charge in [0.05, 0.1) is 61.6 Å². The number of rotatable bonds is 14. The summed E-state index contributed by atoms with van der Waals surface area (Å²) >= 11 is 61.1. The molecule has 2 aromatic carbocycles. The van der Waals surface area contributed by atoms with Crippen molar-refractivity contribution in [2.45, 2.75) is 38.8 Å². The summed E-state index contributed by atoms with van der Waals surface area (Å²) in [4.78, 5) is 25.1. The van der Waals surface area contributed by atoms with Gasteiger partial charge in [0.1, 0.15) is 6.17 Å². The molecule has 0 bridgehead atoms. The number of halogens is 10. The Morgan fingerprint density at radius 1 is 0.524 bits per heavy atom. The summed E-state index contributed by atoms with van der Waals surface area (Å²) in [6.07, 6.45) is 2.57. The number of carbonyl (C=O) groups is 2. The van der Waals surface area contributed by atoms with Crippen LogP contribution >= 0.6 is 116 Å². The molecular weight excluding hydrogens is 759 g/mol. The lowest BCUT2D eigenvalue weighted by Crippen LogP contribution is -2.54. The van der Waals surface area contributed by atoms with Crippen LogP contribution in [-0.2, 0) is 0 Å². The van der Waals surface area contributed by atoms with Gasteiger partial charge in [-0.05, 0) is 12.8 Å². The Labute approximate surface area is 294 Å². The Morgan fingerprint density at radius 2 is 0.857 bits per heavy atom. The van der Waals surface area contributed by atoms with E-state index in [0.29, 0.717) is 6.42 Å². The molecule has 234 valence electrons. The second-order valence-electron chi connectivity index (χ2n) is 8.59. The topological polar surface area (TPSA) is 106 Å². The van der Waals surface area contributed by atoms with Crippen molar-refractivity contribution in [1.82, 2.24) is 21.3 Å². The van der Waals surface area contributed by atoms with E-state index in [1.165, 1.54) is 0 Å². The van der Waals surface area contributed by atoms with Crippen molar-refractivity contribution in [3.8, 4) is 0 Å². The summed E-state index contributed by atoms with van der Waals surface area (Å²) in [5, 5.41) is 17.6. The van der Waals surface area contributed by atoms with E-state index < -0.39 is 18.2 Å². The van der Waals surface area contributed by atoms with Crippen LogP contribution < -0.4 is 31.9 Å². The van der Waals surface area contributed by atoms with Crippen LogP contribution in [0.15, 0.2) is 0 Å². The molecule has 0 spiro atoms. The first-order valence-electron chi connectivity index (χ1n) is 12.4. The molecule has 4 amide bonds. The SMILES string of the molecule is CCCCCC(NC(=O)NCCNc1c(Cl)c(Cl)c(Cl)c(Cl)c1Cl)NC(=O)NCCNc1c(Cl)c(Cl)c(Cl)c(Cl)c1Cl. The fraction of sp³-hybridized carbons (Fsp3) is 0.417. The molecule has 0 fully saturated rings. The number of anilines is 2. The van der Waals surface area contributed by atoms with Gasteiger partial charge in [0.15, 0.2) is 0 Å². The van der Waals surface area contributed by atoms with E-state index in [9.17, 15) is 9.59 Å². The molecule has 8 nitrogen and oxygen atoms in total. The van der Waals surface area contributed by atoms with Crippen LogP contribution in [0.5, 0.6) is 0 Å². The van der Waals surface area contributed by atoms with Crippen LogP contribution in [-0.4, -0.2) is 44.4 Å². The number of nitrogens with one attached hydrogen (secondary N) is 6. The molecule has 18 heteroatoms. The van der Waals surface area contributed by atoms with E-state index in [4.69, 9.17) is 116 Å². The monoisotopic (exact) mass is 780 g/mol. The number of urea groups is 2. The maximum Gasteiger partial charge on any atom is 0.316 e. The van der Waals surface area contributed by atoms with E-state index in [0.717, 1.165) is 19.3 Å². The molecule has 42 heavy (non-hydrogen) atoms. The molecular formula is C24H26Cl10N6O2. The lowest BCUT2D eigenvalue weighted by molar-refractivity contribution is 0.224. The van der Waals surface area contributed by atoms with Gasteiger partial charge in [0.2, 0.25) is 0 Å². The molecule has 0 heterocycles. The van der Waals surface area contributed by atoms with Crippen molar-refractivity contribution >= 4 is 139 Å². The quantitative estimate of drug-likeness (QED) is 0.0497. The van der Waals surface area contributed by atoms with Gasteiger partial charge in [-0.1, -0.05) is 136 Å². The Kier molecular flexibility index (Phi) is 16.5. The number of amides is 4. The predicted molar refractivity (Wildman–Crippen MR) is 181 cm³/mol. The maximum absolute atomic E-state index is 12.5. The first kappa shape index (κ1) is 37.7. The van der Waals surface area contributed by atoms with Crippen molar-refractivity contribution in [2.75, 3.05) is 36.8 Å². The largest absolute Gasteiger partial charge is 0.381 e. The normalized spacial score (nSPS) is 11.0. The van der Waals surface area contributed by atoms with Crippen molar-refractivity contribution in [3.05, 3.63) is 50.2 Å². The van der Waals surface area contributed by atoms with E-state index in [2.05, 4.69) is 38.8 Å². The van der Waals surface area contributed by atoms with Gasteiger partial charge in [0.25, 0.3) is 0 Å². The molecule has 0 aliphatic rings. The number of hydrogen-bond acceptors (Lipinski definition) is 4. The highest BCUT2D eigenvalue weighted by Crippen LogP contribution is 2.47. The van der Waals surface area contributed by atoms with Gasteiger partial charge in [-0.25, -0.2) is 9.59 Å². The third-order valence-electron chi connectivity index (χ3n) is 5.55. The molecule has 6 N–H and O–H groups in total. The van der Waals surface area contributed by atoms with Crippen molar-refractivity contribution in [2.24, 2.45) is 0 Å². The van der Waals surface area contributed by atoms with E-state index in [1.807, 2.05) is 0 Å². The van der Waals surface area contributed by atoms with E-state index in [1.54, 1.807) is 0 Å². The highest BCUT2D eigenvalue weighted by molar-refractivity contribution is 6.57. The maximum atomic E-state index is 12.5. The molecule has 0 aliphatic heterocycles. The second kappa shape index (κ2) is 18.4. The van der Waals surface area contributed by atoms with Crippen LogP contribution in [0.2, 0.25) is 50.2 Å². The Morgan fingerprint density at radius 3 is 1.19 bits per heavy atom. The lowest BCUT2D eigenvalue weighted by atomic mass is 10.2. The van der Waals surface area contributed by atoms with Crippen LogP contribution in [0.4, 0.5) is 21.0 Å². The summed E-state index contributed by atoms with van der Waals surface area (Å²) in [5.74, 6) is 0. The zero-order chi connectivity index (χ0) is 31.6. The third-order valence-corrected chi connectivity index (χ3v) is 10.1. The van der Waals surface area contributed by atoms with Gasteiger partial charge in [-0.3, -0.25) is 0 Å². The molecule has 0 atom stereocenters. The van der Waals surface area contributed by atoms with Gasteiger partial charge in [0, 0.05) is 26.2 Å². The Hall–Kier alpha value is -0.520. The smallest absolute Gasteiger partial charge is 0.316 e. The summed E-state index contributed by atoms with van der Waals surface area (Å²) < 4.78 is 0. The highest BCUT2D eigenvalue weighted by atomic mass is 35.5. The van der Waals surface area contributed by atoms with E-state index >= 15 is 0 Å². The Balaban J connectivity index is 1.85. The van der Waals surface area contributed by atoms with Crippen LogP contribution in [0.3, 0.4) is 0 Å². The molecule has 2 rings (SSSR count). The summed E-state index contributed by atoms with van der Waals surface area (Å²) in [5.41, 5.74) is 0.578. The number of carbonyl (C=O) groups excluding carboxylic acids is 2. The molecule has 0 radical (unpaired) electrons. The standard InChI is InChI=1S/C24H26Cl10N6O2/c1-2-3-4-5-10(39-23(41)37-8-6-35-21-17(31)13(27)11(25)14(28)18(21)32)40-24(42)38-9-7-36-22-19(33)15(29)12(26)16(30)20(22)34/h10,35-36H,2-9H2,1H3,(H2,37,39,41)(H2,38,40,42). The predicted octanol–water partition coefficient (Wildman–Crippen LogP) is 10.2. The first-order valence-corrected chi connectivity index (χ1v) is 16.2. The zero-order valence-corrected chi connectivity index (χ0v) is 29.4. The molecule has 0 saturated heterocycles. The lowest BCUT2D eigenvalue weighted by Gasteiger charge is -2.21. The summed E-state index contributed by atoms with van der Waals surface area (Å²) in [6, 6.07) is -0.990. The Bertz CT molecular complexity index is 1130. The summed E-state index contributed by atoms with van der Waals surface area (Å²) in [7, 11) is 0. The van der Waals surface area contributed by atoms with Gasteiger partial charge < -0.3 is 31.9 Å². The number of unbranched alkanes of at least 4 members (excludes halogenated alkanes) is 2. The van der Waals surface area contributed by atoms with Crippen molar-refractivity contribution in [3.63, 3.8) is 0 Å². The van der Waals surface area contributed by atoms with Crippen molar-refractivity contribution in [1.29, 1.82) is 0 Å². The highest BCUT2D eigenvalue weighted by Gasteiger charge is 2.21.